The average Bonchev–Trinajstić information content (AvgIpc) is 2.99. The maximum atomic E-state index is 5.77. The Morgan fingerprint density at radius 2 is 2.05 bits per heavy atom. The van der Waals surface area contributed by atoms with Gasteiger partial charge in [-0.15, -0.1) is 0 Å². The lowest BCUT2D eigenvalue weighted by molar-refractivity contribution is 0.174. The number of hydrogen-bond acceptors (Lipinski definition) is 3. The van der Waals surface area contributed by atoms with Gasteiger partial charge in [-0.05, 0) is 48.2 Å². The number of fused-ring (bicyclic) bond motifs is 4. The van der Waals surface area contributed by atoms with E-state index < -0.39 is 0 Å². The van der Waals surface area contributed by atoms with Gasteiger partial charge >= 0.3 is 0 Å². The van der Waals surface area contributed by atoms with Crippen molar-refractivity contribution in [1.29, 1.82) is 0 Å². The van der Waals surface area contributed by atoms with E-state index in [2.05, 4.69) is 42.3 Å². The second-order valence-corrected chi connectivity index (χ2v) is 6.16. The highest BCUT2D eigenvalue weighted by molar-refractivity contribution is 5.83. The van der Waals surface area contributed by atoms with Crippen molar-refractivity contribution >= 4 is 0 Å². The molecule has 0 fully saturated rings. The third-order valence-electron chi connectivity index (χ3n) is 5.10. The first-order chi connectivity index (χ1) is 10.3. The van der Waals surface area contributed by atoms with Crippen molar-refractivity contribution < 1.29 is 9.47 Å². The highest BCUT2D eigenvalue weighted by Gasteiger charge is 2.35. The summed E-state index contributed by atoms with van der Waals surface area (Å²) >= 11 is 0. The molecule has 21 heavy (non-hydrogen) atoms. The van der Waals surface area contributed by atoms with Gasteiger partial charge in [-0.2, -0.15) is 0 Å². The van der Waals surface area contributed by atoms with Crippen LogP contribution in [0.2, 0.25) is 0 Å². The van der Waals surface area contributed by atoms with E-state index in [0.29, 0.717) is 12.8 Å². The van der Waals surface area contributed by atoms with E-state index in [1.165, 1.54) is 27.8 Å². The van der Waals surface area contributed by atoms with Gasteiger partial charge in [0.1, 0.15) is 0 Å². The fraction of sp³-hybridized carbons (Fsp3) is 0.333. The monoisotopic (exact) mass is 279 g/mol. The molecule has 5 rings (SSSR count). The minimum atomic E-state index is 0.337. The molecule has 2 aromatic rings. The first kappa shape index (κ1) is 11.6. The maximum Gasteiger partial charge on any atom is 0.231 e. The molecule has 0 N–H and O–H groups in total. The lowest BCUT2D eigenvalue weighted by Gasteiger charge is -2.39. The third-order valence-corrected chi connectivity index (χ3v) is 5.10. The summed E-state index contributed by atoms with van der Waals surface area (Å²) < 4.78 is 11.3. The summed E-state index contributed by atoms with van der Waals surface area (Å²) in [6, 6.07) is 11.5. The van der Waals surface area contributed by atoms with Crippen LogP contribution in [0.3, 0.4) is 0 Å². The summed E-state index contributed by atoms with van der Waals surface area (Å²) in [6.07, 6.45) is 2.20. The van der Waals surface area contributed by atoms with E-state index in [-0.39, 0.29) is 0 Å². The van der Waals surface area contributed by atoms with Crippen molar-refractivity contribution in [2.75, 3.05) is 20.4 Å². The van der Waals surface area contributed by atoms with E-state index in [4.69, 9.17) is 9.47 Å². The van der Waals surface area contributed by atoms with E-state index >= 15 is 0 Å². The van der Waals surface area contributed by atoms with E-state index in [9.17, 15) is 0 Å². The summed E-state index contributed by atoms with van der Waals surface area (Å²) in [5, 5.41) is 0. The molecule has 2 aliphatic heterocycles. The Hall–Kier alpha value is -2.00. The predicted octanol–water partition coefficient (Wildman–Crippen LogP) is 3.17. The molecule has 106 valence electrons. The Labute approximate surface area is 124 Å². The molecule has 0 aromatic heterocycles. The van der Waals surface area contributed by atoms with Gasteiger partial charge in [0.25, 0.3) is 0 Å². The van der Waals surface area contributed by atoms with Crippen LogP contribution in [0.15, 0.2) is 30.3 Å². The molecule has 1 unspecified atom stereocenters. The Kier molecular flexibility index (Phi) is 2.22. The Morgan fingerprint density at radius 3 is 3.00 bits per heavy atom. The first-order valence-electron chi connectivity index (χ1n) is 7.57. The largest absolute Gasteiger partial charge is 0.454 e. The third kappa shape index (κ3) is 1.47. The fourth-order valence-corrected chi connectivity index (χ4v) is 4.06. The molecule has 0 saturated heterocycles. The van der Waals surface area contributed by atoms with Gasteiger partial charge in [0, 0.05) is 18.2 Å². The molecule has 3 nitrogen and oxygen atoms in total. The molecular formula is C18H17NO2. The zero-order valence-corrected chi connectivity index (χ0v) is 12.1. The SMILES string of the molecule is CN1CCc2cccc3c2C1Cc1ccc2c(c1-3)OCO2. The number of likely N-dealkylation sites (N-methyl/N-ethyl adjacent to an activating group) is 1. The van der Waals surface area contributed by atoms with Crippen LogP contribution >= 0.6 is 0 Å². The van der Waals surface area contributed by atoms with E-state index in [1.54, 1.807) is 0 Å². The van der Waals surface area contributed by atoms with Crippen LogP contribution < -0.4 is 9.47 Å². The molecule has 3 heteroatoms. The molecule has 0 amide bonds. The van der Waals surface area contributed by atoms with Gasteiger partial charge in [-0.3, -0.25) is 4.90 Å². The van der Waals surface area contributed by atoms with Crippen LogP contribution in [0.4, 0.5) is 0 Å². The van der Waals surface area contributed by atoms with Gasteiger partial charge < -0.3 is 9.47 Å². The summed E-state index contributed by atoms with van der Waals surface area (Å²) in [5.41, 5.74) is 6.98. The smallest absolute Gasteiger partial charge is 0.231 e. The standard InChI is InChI=1S/C18H17NO2/c1-19-8-7-11-3-2-4-13-16(11)14(19)9-12-5-6-15-18(17(12)13)21-10-20-15/h2-6,14H,7-10H2,1H3. The number of rotatable bonds is 0. The highest BCUT2D eigenvalue weighted by atomic mass is 16.7. The van der Waals surface area contributed by atoms with Crippen LogP contribution in [0, 0.1) is 0 Å². The number of nitrogens with zero attached hydrogens (tertiary/aromatic N) is 1. The summed E-state index contributed by atoms with van der Waals surface area (Å²) in [5.74, 6) is 1.82. The van der Waals surface area contributed by atoms with Crippen LogP contribution in [0.5, 0.6) is 11.5 Å². The zero-order chi connectivity index (χ0) is 14.0. The van der Waals surface area contributed by atoms with Gasteiger partial charge in [0.05, 0.1) is 0 Å². The van der Waals surface area contributed by atoms with Crippen molar-refractivity contribution in [3.05, 3.63) is 47.0 Å². The second-order valence-electron chi connectivity index (χ2n) is 6.16. The molecule has 0 bridgehead atoms. The zero-order valence-electron chi connectivity index (χ0n) is 12.1. The van der Waals surface area contributed by atoms with Crippen molar-refractivity contribution in [2.45, 2.75) is 18.9 Å². The minimum Gasteiger partial charge on any atom is -0.454 e. The lowest BCUT2D eigenvalue weighted by Crippen LogP contribution is -2.35. The van der Waals surface area contributed by atoms with Crippen molar-refractivity contribution in [2.24, 2.45) is 0 Å². The molecule has 1 aliphatic carbocycles. The van der Waals surface area contributed by atoms with Gasteiger partial charge in [0.2, 0.25) is 6.79 Å². The van der Waals surface area contributed by atoms with E-state index in [0.717, 1.165) is 30.9 Å². The number of ether oxygens (including phenoxy) is 2. The molecular weight excluding hydrogens is 262 g/mol. The van der Waals surface area contributed by atoms with Crippen molar-refractivity contribution in [3.63, 3.8) is 0 Å². The van der Waals surface area contributed by atoms with E-state index in [1.807, 2.05) is 0 Å². The molecule has 1 atom stereocenters. The first-order valence-corrected chi connectivity index (χ1v) is 7.57. The normalized spacial score (nSPS) is 21.9. The van der Waals surface area contributed by atoms with Crippen molar-refractivity contribution in [3.8, 4) is 22.6 Å². The van der Waals surface area contributed by atoms with Gasteiger partial charge in [-0.1, -0.05) is 24.3 Å². The number of benzene rings is 2. The Bertz CT molecular complexity index is 753. The molecule has 2 aromatic carbocycles. The maximum absolute atomic E-state index is 5.77. The van der Waals surface area contributed by atoms with Gasteiger partial charge in [0.15, 0.2) is 11.5 Å². The number of hydrogen-bond donors (Lipinski definition) is 0. The Morgan fingerprint density at radius 1 is 1.10 bits per heavy atom. The molecule has 0 spiro atoms. The fourth-order valence-electron chi connectivity index (χ4n) is 4.06. The quantitative estimate of drug-likeness (QED) is 0.739. The topological polar surface area (TPSA) is 21.7 Å². The summed E-state index contributed by atoms with van der Waals surface area (Å²) in [6.45, 7) is 1.48. The minimum absolute atomic E-state index is 0.337. The summed E-state index contributed by atoms with van der Waals surface area (Å²) in [7, 11) is 2.24. The highest BCUT2D eigenvalue weighted by Crippen LogP contribution is 2.51. The van der Waals surface area contributed by atoms with Crippen LogP contribution in [-0.2, 0) is 12.8 Å². The van der Waals surface area contributed by atoms with Crippen LogP contribution in [-0.4, -0.2) is 25.3 Å². The van der Waals surface area contributed by atoms with Gasteiger partial charge in [-0.25, -0.2) is 0 Å². The average molecular weight is 279 g/mol. The molecule has 2 heterocycles. The lowest BCUT2D eigenvalue weighted by atomic mass is 9.77. The molecule has 0 saturated carbocycles. The molecule has 3 aliphatic rings. The Balaban J connectivity index is 1.83. The summed E-state index contributed by atoms with van der Waals surface area (Å²) in [4.78, 5) is 2.49. The second kappa shape index (κ2) is 4.01. The van der Waals surface area contributed by atoms with Crippen LogP contribution in [0.25, 0.3) is 11.1 Å². The van der Waals surface area contributed by atoms with Crippen LogP contribution in [0.1, 0.15) is 22.7 Å². The predicted molar refractivity (Wildman–Crippen MR) is 80.8 cm³/mol. The molecule has 0 radical (unpaired) electrons. The van der Waals surface area contributed by atoms with Crippen molar-refractivity contribution in [1.82, 2.24) is 4.90 Å².